The minimum atomic E-state index is -0.580. The Morgan fingerprint density at radius 3 is 2.35 bits per heavy atom. The first-order valence-corrected chi connectivity index (χ1v) is 6.39. The number of benzene rings is 2. The van der Waals surface area contributed by atoms with Gasteiger partial charge in [-0.25, -0.2) is 18.7 Å². The van der Waals surface area contributed by atoms with Gasteiger partial charge in [0.2, 0.25) is 0 Å². The summed E-state index contributed by atoms with van der Waals surface area (Å²) in [5, 5.41) is -0.00631. The highest BCUT2D eigenvalue weighted by molar-refractivity contribution is 6.35. The maximum atomic E-state index is 13.7. The Hall–Kier alpha value is -1.78. The number of aromatic nitrogens is 2. The first-order chi connectivity index (χ1) is 9.58. The molecule has 3 rings (SSSR count). The molecule has 1 aromatic heterocycles. The van der Waals surface area contributed by atoms with Crippen LogP contribution in [0.25, 0.3) is 22.3 Å². The predicted octanol–water partition coefficient (Wildman–Crippen LogP) is 4.88. The number of hydrogen-bond acceptors (Lipinski definition) is 2. The van der Waals surface area contributed by atoms with Crippen LogP contribution in [0, 0.1) is 11.6 Å². The molecule has 6 heteroatoms. The van der Waals surface area contributed by atoms with Gasteiger partial charge < -0.3 is 0 Å². The van der Waals surface area contributed by atoms with Crippen LogP contribution >= 0.6 is 23.2 Å². The van der Waals surface area contributed by atoms with Crippen LogP contribution in [0.3, 0.4) is 0 Å². The normalized spacial score (nSPS) is 11.0. The molecule has 3 aromatic rings. The standard InChI is InChI=1S/C14H6Cl2F2N2/c15-12-7(3-1-5-9(12)18)14-19-10-6-2-4-8(17)11(10)13(16)20-14/h1-6H. The highest BCUT2D eigenvalue weighted by Crippen LogP contribution is 2.31. The summed E-state index contributed by atoms with van der Waals surface area (Å²) in [5.74, 6) is -0.940. The largest absolute Gasteiger partial charge is 0.228 e. The monoisotopic (exact) mass is 310 g/mol. The van der Waals surface area contributed by atoms with Crippen molar-refractivity contribution in [2.24, 2.45) is 0 Å². The van der Waals surface area contributed by atoms with Crippen LogP contribution in [-0.4, -0.2) is 9.97 Å². The molecule has 0 aliphatic heterocycles. The maximum absolute atomic E-state index is 13.7. The molecule has 0 bridgehead atoms. The first-order valence-electron chi connectivity index (χ1n) is 5.64. The van der Waals surface area contributed by atoms with Crippen LogP contribution < -0.4 is 0 Å². The summed E-state index contributed by atoms with van der Waals surface area (Å²) in [6.45, 7) is 0. The smallest absolute Gasteiger partial charge is 0.163 e. The van der Waals surface area contributed by atoms with Crippen molar-refractivity contribution < 1.29 is 8.78 Å². The Bertz CT molecular complexity index is 822. The quantitative estimate of drug-likeness (QED) is 0.598. The molecule has 0 amide bonds. The average molecular weight is 311 g/mol. The lowest BCUT2D eigenvalue weighted by atomic mass is 10.2. The summed E-state index contributed by atoms with van der Waals surface area (Å²) >= 11 is 11.9. The summed E-state index contributed by atoms with van der Waals surface area (Å²) in [4.78, 5) is 8.18. The Labute approximate surface area is 123 Å². The van der Waals surface area contributed by atoms with Gasteiger partial charge in [0.15, 0.2) is 5.82 Å². The molecule has 0 N–H and O–H groups in total. The molecular weight excluding hydrogens is 305 g/mol. The van der Waals surface area contributed by atoms with Gasteiger partial charge in [-0.1, -0.05) is 35.3 Å². The highest BCUT2D eigenvalue weighted by atomic mass is 35.5. The fraction of sp³-hybridized carbons (Fsp3) is 0. The van der Waals surface area contributed by atoms with E-state index in [-0.39, 0.29) is 21.4 Å². The molecule has 20 heavy (non-hydrogen) atoms. The SMILES string of the molecule is Fc1cccc(-c2nc(Cl)c3c(F)cccc3n2)c1Cl. The summed E-state index contributed by atoms with van der Waals surface area (Å²) in [6.07, 6.45) is 0. The van der Waals surface area contributed by atoms with Gasteiger partial charge in [-0.3, -0.25) is 0 Å². The van der Waals surface area contributed by atoms with Crippen molar-refractivity contribution in [2.45, 2.75) is 0 Å². The number of halogens is 4. The van der Waals surface area contributed by atoms with Gasteiger partial charge in [-0.15, -0.1) is 0 Å². The van der Waals surface area contributed by atoms with Crippen LogP contribution in [0.4, 0.5) is 8.78 Å². The molecule has 2 nitrogen and oxygen atoms in total. The van der Waals surface area contributed by atoms with E-state index in [4.69, 9.17) is 23.2 Å². The first kappa shape index (κ1) is 13.2. The van der Waals surface area contributed by atoms with Gasteiger partial charge in [-0.2, -0.15) is 0 Å². The number of nitrogens with zero attached hydrogens (tertiary/aromatic N) is 2. The van der Waals surface area contributed by atoms with Crippen LogP contribution in [-0.2, 0) is 0 Å². The molecule has 1 heterocycles. The Kier molecular flexibility index (Phi) is 3.28. The van der Waals surface area contributed by atoms with Gasteiger partial charge in [0.25, 0.3) is 0 Å². The van der Waals surface area contributed by atoms with Crippen molar-refractivity contribution in [3.8, 4) is 11.4 Å². The Morgan fingerprint density at radius 2 is 1.55 bits per heavy atom. The van der Waals surface area contributed by atoms with E-state index in [2.05, 4.69) is 9.97 Å². The van der Waals surface area contributed by atoms with Crippen LogP contribution in [0.15, 0.2) is 36.4 Å². The van der Waals surface area contributed by atoms with E-state index in [1.165, 1.54) is 24.3 Å². The molecular formula is C14H6Cl2F2N2. The van der Waals surface area contributed by atoms with Crippen LogP contribution in [0.1, 0.15) is 0 Å². The van der Waals surface area contributed by atoms with Crippen molar-refractivity contribution in [2.75, 3.05) is 0 Å². The zero-order valence-corrected chi connectivity index (χ0v) is 11.4. The van der Waals surface area contributed by atoms with Gasteiger partial charge >= 0.3 is 0 Å². The Balaban J connectivity index is 2.31. The fourth-order valence-electron chi connectivity index (χ4n) is 1.90. The van der Waals surface area contributed by atoms with E-state index in [9.17, 15) is 8.78 Å². The summed E-state index contributed by atoms with van der Waals surface area (Å²) in [5.41, 5.74) is 0.639. The second-order valence-corrected chi connectivity index (χ2v) is 4.81. The fourth-order valence-corrected chi connectivity index (χ4v) is 2.37. The number of rotatable bonds is 1. The molecule has 0 atom stereocenters. The zero-order chi connectivity index (χ0) is 14.3. The minimum Gasteiger partial charge on any atom is -0.228 e. The lowest BCUT2D eigenvalue weighted by Gasteiger charge is -2.07. The zero-order valence-electron chi connectivity index (χ0n) is 9.87. The van der Waals surface area contributed by atoms with Gasteiger partial charge in [0, 0.05) is 5.56 Å². The van der Waals surface area contributed by atoms with E-state index < -0.39 is 11.6 Å². The van der Waals surface area contributed by atoms with Crippen LogP contribution in [0.5, 0.6) is 0 Å². The molecule has 2 aromatic carbocycles. The van der Waals surface area contributed by atoms with Crippen molar-refractivity contribution >= 4 is 34.1 Å². The van der Waals surface area contributed by atoms with Crippen molar-refractivity contribution in [1.82, 2.24) is 9.97 Å². The van der Waals surface area contributed by atoms with Crippen molar-refractivity contribution in [1.29, 1.82) is 0 Å². The lowest BCUT2D eigenvalue weighted by Crippen LogP contribution is -1.95. The molecule has 0 fully saturated rings. The maximum Gasteiger partial charge on any atom is 0.163 e. The third-order valence-electron chi connectivity index (χ3n) is 2.82. The third kappa shape index (κ3) is 2.11. The van der Waals surface area contributed by atoms with Gasteiger partial charge in [-0.05, 0) is 24.3 Å². The highest BCUT2D eigenvalue weighted by Gasteiger charge is 2.14. The minimum absolute atomic E-state index is 0.0385. The summed E-state index contributed by atoms with van der Waals surface area (Å²) in [7, 11) is 0. The average Bonchev–Trinajstić information content (AvgIpc) is 2.41. The molecule has 0 spiro atoms. The van der Waals surface area contributed by atoms with E-state index in [1.54, 1.807) is 12.1 Å². The van der Waals surface area contributed by atoms with E-state index in [1.807, 2.05) is 0 Å². The molecule has 0 unspecified atom stereocenters. The lowest BCUT2D eigenvalue weighted by molar-refractivity contribution is 0.628. The molecule has 0 radical (unpaired) electrons. The molecule has 0 aliphatic carbocycles. The molecule has 0 aliphatic rings. The third-order valence-corrected chi connectivity index (χ3v) is 3.48. The van der Waals surface area contributed by atoms with E-state index in [0.717, 1.165) is 0 Å². The second kappa shape index (κ2) is 4.96. The number of hydrogen-bond donors (Lipinski definition) is 0. The van der Waals surface area contributed by atoms with Crippen molar-refractivity contribution in [3.63, 3.8) is 0 Å². The summed E-state index contributed by atoms with van der Waals surface area (Å²) in [6, 6.07) is 8.67. The second-order valence-electron chi connectivity index (χ2n) is 4.07. The Morgan fingerprint density at radius 1 is 0.850 bits per heavy atom. The number of fused-ring (bicyclic) bond motifs is 1. The molecule has 0 saturated carbocycles. The van der Waals surface area contributed by atoms with Gasteiger partial charge in [0.1, 0.15) is 16.8 Å². The molecule has 0 saturated heterocycles. The molecule has 100 valence electrons. The summed E-state index contributed by atoms with van der Waals surface area (Å²) < 4.78 is 27.1. The van der Waals surface area contributed by atoms with Crippen molar-refractivity contribution in [3.05, 3.63) is 58.2 Å². The van der Waals surface area contributed by atoms with Gasteiger partial charge in [0.05, 0.1) is 15.9 Å². The predicted molar refractivity (Wildman–Crippen MR) is 74.9 cm³/mol. The van der Waals surface area contributed by atoms with E-state index >= 15 is 0 Å². The van der Waals surface area contributed by atoms with Crippen LogP contribution in [0.2, 0.25) is 10.2 Å². The van der Waals surface area contributed by atoms with E-state index in [0.29, 0.717) is 11.1 Å². The topological polar surface area (TPSA) is 25.8 Å².